The van der Waals surface area contributed by atoms with Crippen LogP contribution in [0.15, 0.2) is 36.5 Å². The Kier molecular flexibility index (Phi) is 4.52. The molecule has 7 heteroatoms. The van der Waals surface area contributed by atoms with Crippen LogP contribution in [-0.4, -0.2) is 40.1 Å². The van der Waals surface area contributed by atoms with E-state index >= 15 is 0 Å². The molecule has 7 nitrogen and oxygen atoms in total. The van der Waals surface area contributed by atoms with Crippen LogP contribution in [0.4, 0.5) is 0 Å². The summed E-state index contributed by atoms with van der Waals surface area (Å²) in [4.78, 5) is 26.1. The number of ether oxygens (including phenoxy) is 1. The van der Waals surface area contributed by atoms with Crippen molar-refractivity contribution in [1.82, 2.24) is 14.9 Å². The van der Waals surface area contributed by atoms with E-state index in [9.17, 15) is 9.59 Å². The van der Waals surface area contributed by atoms with Crippen molar-refractivity contribution in [3.05, 3.63) is 53.3 Å². The largest absolute Gasteiger partial charge is 0.497 e. The van der Waals surface area contributed by atoms with E-state index < -0.39 is 5.91 Å². The van der Waals surface area contributed by atoms with Crippen molar-refractivity contribution in [3.8, 4) is 5.75 Å². The SMILES string of the molecule is COc1cccc(CN2CCCn3cc(C(=O)NO)cc3C2=O)c1. The number of benzene rings is 1. The number of hydrogen-bond acceptors (Lipinski definition) is 4. The van der Waals surface area contributed by atoms with Gasteiger partial charge < -0.3 is 14.2 Å². The number of carbonyl (C=O) groups is 2. The van der Waals surface area contributed by atoms with Gasteiger partial charge in [-0.15, -0.1) is 0 Å². The fraction of sp³-hybridized carbons (Fsp3) is 0.294. The summed E-state index contributed by atoms with van der Waals surface area (Å²) >= 11 is 0. The first-order valence-electron chi connectivity index (χ1n) is 7.69. The lowest BCUT2D eigenvalue weighted by Gasteiger charge is -2.20. The number of carbonyl (C=O) groups excluding carboxylic acids is 2. The summed E-state index contributed by atoms with van der Waals surface area (Å²) in [5, 5.41) is 8.75. The second-order valence-corrected chi connectivity index (χ2v) is 5.68. The zero-order valence-corrected chi connectivity index (χ0v) is 13.4. The quantitative estimate of drug-likeness (QED) is 0.660. The number of hydrogen-bond donors (Lipinski definition) is 2. The number of nitrogens with one attached hydrogen (secondary N) is 1. The Morgan fingerprint density at radius 3 is 2.92 bits per heavy atom. The molecule has 0 saturated heterocycles. The summed E-state index contributed by atoms with van der Waals surface area (Å²) < 4.78 is 6.98. The maximum absolute atomic E-state index is 12.8. The molecule has 0 aliphatic carbocycles. The highest BCUT2D eigenvalue weighted by atomic mass is 16.5. The summed E-state index contributed by atoms with van der Waals surface area (Å²) in [7, 11) is 1.61. The monoisotopic (exact) mass is 329 g/mol. The molecule has 0 unspecified atom stereocenters. The third-order valence-electron chi connectivity index (χ3n) is 4.10. The van der Waals surface area contributed by atoms with Crippen molar-refractivity contribution in [2.45, 2.75) is 19.5 Å². The van der Waals surface area contributed by atoms with Crippen LogP contribution in [0.5, 0.6) is 5.75 Å². The Balaban J connectivity index is 1.84. The first-order chi connectivity index (χ1) is 11.6. The third-order valence-corrected chi connectivity index (χ3v) is 4.10. The number of hydroxylamine groups is 1. The average molecular weight is 329 g/mol. The van der Waals surface area contributed by atoms with Gasteiger partial charge in [0, 0.05) is 25.8 Å². The maximum atomic E-state index is 12.8. The van der Waals surface area contributed by atoms with Crippen LogP contribution >= 0.6 is 0 Å². The molecule has 0 saturated carbocycles. The predicted molar refractivity (Wildman–Crippen MR) is 86.0 cm³/mol. The molecule has 1 aliphatic heterocycles. The first-order valence-corrected chi connectivity index (χ1v) is 7.69. The van der Waals surface area contributed by atoms with Crippen LogP contribution in [0, 0.1) is 0 Å². The summed E-state index contributed by atoms with van der Waals surface area (Å²) in [5.74, 6) is -0.00456. The Morgan fingerprint density at radius 1 is 1.33 bits per heavy atom. The van der Waals surface area contributed by atoms with Crippen molar-refractivity contribution in [1.29, 1.82) is 0 Å². The Bertz CT molecular complexity index is 769. The van der Waals surface area contributed by atoms with Crippen LogP contribution in [0.25, 0.3) is 0 Å². The van der Waals surface area contributed by atoms with Gasteiger partial charge in [-0.2, -0.15) is 0 Å². The van der Waals surface area contributed by atoms with Gasteiger partial charge in [-0.05, 0) is 30.2 Å². The van der Waals surface area contributed by atoms with Crippen LogP contribution in [-0.2, 0) is 13.1 Å². The van der Waals surface area contributed by atoms with E-state index in [2.05, 4.69) is 0 Å². The third kappa shape index (κ3) is 3.11. The zero-order chi connectivity index (χ0) is 17.1. The van der Waals surface area contributed by atoms with Gasteiger partial charge in [0.2, 0.25) is 0 Å². The lowest BCUT2D eigenvalue weighted by molar-refractivity contribution is 0.0706. The van der Waals surface area contributed by atoms with Gasteiger partial charge >= 0.3 is 0 Å². The van der Waals surface area contributed by atoms with E-state index in [1.807, 2.05) is 24.3 Å². The van der Waals surface area contributed by atoms with Crippen molar-refractivity contribution in [2.75, 3.05) is 13.7 Å². The van der Waals surface area contributed by atoms with E-state index in [0.29, 0.717) is 25.3 Å². The van der Waals surface area contributed by atoms with E-state index in [1.54, 1.807) is 28.3 Å². The van der Waals surface area contributed by atoms with Crippen LogP contribution in [0.3, 0.4) is 0 Å². The molecule has 1 aliphatic rings. The van der Waals surface area contributed by atoms with Gasteiger partial charge in [0.05, 0.1) is 12.7 Å². The highest BCUT2D eigenvalue weighted by Crippen LogP contribution is 2.20. The first kappa shape index (κ1) is 16.1. The summed E-state index contributed by atoms with van der Waals surface area (Å²) in [5.41, 5.74) is 3.30. The number of aryl methyl sites for hydroxylation is 1. The molecule has 0 bridgehead atoms. The number of methoxy groups -OCH3 is 1. The summed E-state index contributed by atoms with van der Waals surface area (Å²) in [6, 6.07) is 9.12. The lowest BCUT2D eigenvalue weighted by Crippen LogP contribution is -2.30. The van der Waals surface area contributed by atoms with E-state index in [1.165, 1.54) is 6.07 Å². The van der Waals surface area contributed by atoms with Crippen molar-refractivity contribution in [3.63, 3.8) is 0 Å². The molecule has 0 atom stereocenters. The molecule has 2 N–H and O–H groups in total. The number of aromatic nitrogens is 1. The minimum Gasteiger partial charge on any atom is -0.497 e. The number of fused-ring (bicyclic) bond motifs is 1. The Morgan fingerprint density at radius 2 is 2.17 bits per heavy atom. The molecule has 0 spiro atoms. The fourth-order valence-electron chi connectivity index (χ4n) is 2.90. The molecule has 126 valence electrons. The average Bonchev–Trinajstić information content (AvgIpc) is 2.98. The second-order valence-electron chi connectivity index (χ2n) is 5.68. The lowest BCUT2D eigenvalue weighted by atomic mass is 10.2. The van der Waals surface area contributed by atoms with Gasteiger partial charge in [0.1, 0.15) is 11.4 Å². The molecule has 2 aromatic rings. The zero-order valence-electron chi connectivity index (χ0n) is 13.4. The van der Waals surface area contributed by atoms with Crippen molar-refractivity contribution >= 4 is 11.8 Å². The van der Waals surface area contributed by atoms with Gasteiger partial charge in [-0.1, -0.05) is 12.1 Å². The molecule has 0 fully saturated rings. The van der Waals surface area contributed by atoms with Gasteiger partial charge in [0.15, 0.2) is 0 Å². The van der Waals surface area contributed by atoms with Crippen molar-refractivity contribution < 1.29 is 19.5 Å². The van der Waals surface area contributed by atoms with Crippen molar-refractivity contribution in [2.24, 2.45) is 0 Å². The predicted octanol–water partition coefficient (Wildman–Crippen LogP) is 1.66. The maximum Gasteiger partial charge on any atom is 0.276 e. The standard InChI is InChI=1S/C17H19N3O4/c1-24-14-5-2-4-12(8-14)10-20-7-3-6-19-11-13(16(21)18-23)9-15(19)17(20)22/h2,4-5,8-9,11,23H,3,6-7,10H2,1H3,(H,18,21). The van der Waals surface area contributed by atoms with Gasteiger partial charge in [0.25, 0.3) is 11.8 Å². The second kappa shape index (κ2) is 6.76. The van der Waals surface area contributed by atoms with E-state index in [-0.39, 0.29) is 11.5 Å². The molecular weight excluding hydrogens is 310 g/mol. The molecule has 2 amide bonds. The minimum atomic E-state index is -0.622. The van der Waals surface area contributed by atoms with Crippen LogP contribution in [0.2, 0.25) is 0 Å². The molecule has 1 aromatic carbocycles. The van der Waals surface area contributed by atoms with Gasteiger partial charge in [-0.25, -0.2) is 5.48 Å². The molecule has 2 heterocycles. The fourth-order valence-corrected chi connectivity index (χ4v) is 2.90. The number of nitrogens with zero attached hydrogens (tertiary/aromatic N) is 2. The highest BCUT2D eigenvalue weighted by molar-refractivity contribution is 5.99. The Labute approximate surface area is 139 Å². The minimum absolute atomic E-state index is 0.132. The highest BCUT2D eigenvalue weighted by Gasteiger charge is 2.25. The molecule has 0 radical (unpaired) electrons. The molecular formula is C17H19N3O4. The number of amides is 2. The summed E-state index contributed by atoms with van der Waals surface area (Å²) in [6.45, 7) is 1.76. The van der Waals surface area contributed by atoms with Crippen LogP contribution < -0.4 is 10.2 Å². The van der Waals surface area contributed by atoms with Crippen LogP contribution in [0.1, 0.15) is 32.8 Å². The van der Waals surface area contributed by atoms with E-state index in [0.717, 1.165) is 17.7 Å². The normalized spacial score (nSPS) is 14.1. The smallest absolute Gasteiger partial charge is 0.276 e. The molecule has 1 aromatic heterocycles. The van der Waals surface area contributed by atoms with Gasteiger partial charge in [-0.3, -0.25) is 14.8 Å². The summed E-state index contributed by atoms with van der Waals surface area (Å²) in [6.07, 6.45) is 2.38. The molecule has 24 heavy (non-hydrogen) atoms. The molecule has 3 rings (SSSR count). The Hall–Kier alpha value is -2.80. The topological polar surface area (TPSA) is 83.8 Å². The van der Waals surface area contributed by atoms with E-state index in [4.69, 9.17) is 9.94 Å². The number of rotatable bonds is 4.